The van der Waals surface area contributed by atoms with E-state index in [4.69, 9.17) is 0 Å². The fourth-order valence-electron chi connectivity index (χ4n) is 4.01. The highest BCUT2D eigenvalue weighted by Gasteiger charge is 2.31. The van der Waals surface area contributed by atoms with Crippen LogP contribution >= 0.6 is 0 Å². The summed E-state index contributed by atoms with van der Waals surface area (Å²) in [5.74, 6) is -0.499. The Bertz CT molecular complexity index is 1270. The van der Waals surface area contributed by atoms with Crippen LogP contribution in [0.2, 0.25) is 0 Å². The molecule has 8 heteroatoms. The van der Waals surface area contributed by atoms with Gasteiger partial charge in [0.1, 0.15) is 5.75 Å². The molecule has 4 aromatic rings. The predicted molar refractivity (Wildman–Crippen MR) is 129 cm³/mol. The van der Waals surface area contributed by atoms with Gasteiger partial charge in [-0.05, 0) is 48.2 Å². The van der Waals surface area contributed by atoms with Crippen molar-refractivity contribution in [2.45, 2.75) is 38.3 Å². The molecule has 182 valence electrons. The van der Waals surface area contributed by atoms with E-state index in [-0.39, 0.29) is 24.2 Å². The molecule has 1 amide bonds. The molecule has 0 aliphatic carbocycles. The number of halogens is 3. The van der Waals surface area contributed by atoms with E-state index in [1.54, 1.807) is 6.07 Å². The predicted octanol–water partition coefficient (Wildman–Crippen LogP) is 5.64. The van der Waals surface area contributed by atoms with Crippen LogP contribution in [-0.4, -0.2) is 23.3 Å². The van der Waals surface area contributed by atoms with E-state index in [1.807, 2.05) is 67.7 Å². The Morgan fingerprint density at radius 2 is 1.74 bits per heavy atom. The molecule has 0 saturated heterocycles. The van der Waals surface area contributed by atoms with Crippen LogP contribution in [0.15, 0.2) is 85.1 Å². The van der Waals surface area contributed by atoms with Crippen LogP contribution in [0.5, 0.6) is 5.75 Å². The first-order chi connectivity index (χ1) is 16.8. The van der Waals surface area contributed by atoms with Gasteiger partial charge in [0.15, 0.2) is 0 Å². The van der Waals surface area contributed by atoms with Crippen LogP contribution in [0.25, 0.3) is 10.9 Å². The van der Waals surface area contributed by atoms with Crippen LogP contribution in [0, 0.1) is 0 Å². The zero-order chi connectivity index (χ0) is 24.8. The molecule has 0 radical (unpaired) electrons. The third-order valence-corrected chi connectivity index (χ3v) is 5.76. The Morgan fingerprint density at radius 3 is 2.51 bits per heavy atom. The third-order valence-electron chi connectivity index (χ3n) is 5.76. The van der Waals surface area contributed by atoms with Crippen LogP contribution in [0.4, 0.5) is 13.2 Å². The second kappa shape index (κ2) is 10.7. The standard InChI is InChI=1S/C27H26F3N3O2/c1-18(20-9-3-2-4-10-20)33-26(34)25(15-21-17-32-24-13-6-5-12-23(21)24)31-16-19-8-7-11-22(14-19)35-27(28,29)30/h2-14,17-18,25,31-32H,15-16H2,1H3,(H,33,34). The number of benzene rings is 3. The van der Waals surface area contributed by atoms with Gasteiger partial charge < -0.3 is 20.4 Å². The number of hydrogen-bond acceptors (Lipinski definition) is 3. The van der Waals surface area contributed by atoms with E-state index >= 15 is 0 Å². The number of alkyl halides is 3. The molecule has 2 unspecified atom stereocenters. The molecule has 2 atom stereocenters. The molecule has 3 N–H and O–H groups in total. The normalized spacial score (nSPS) is 13.4. The second-order valence-corrected chi connectivity index (χ2v) is 8.33. The summed E-state index contributed by atoms with van der Waals surface area (Å²) in [7, 11) is 0. The van der Waals surface area contributed by atoms with E-state index in [9.17, 15) is 18.0 Å². The van der Waals surface area contributed by atoms with Crippen LogP contribution < -0.4 is 15.4 Å². The lowest BCUT2D eigenvalue weighted by Gasteiger charge is -2.22. The molecular weight excluding hydrogens is 455 g/mol. The summed E-state index contributed by atoms with van der Waals surface area (Å²) >= 11 is 0. The molecule has 4 rings (SSSR count). The van der Waals surface area contributed by atoms with E-state index in [0.29, 0.717) is 12.0 Å². The number of carbonyl (C=O) groups excluding carboxylic acids is 1. The first-order valence-electron chi connectivity index (χ1n) is 11.3. The van der Waals surface area contributed by atoms with Gasteiger partial charge in [0, 0.05) is 23.6 Å². The van der Waals surface area contributed by atoms with Crippen LogP contribution in [0.1, 0.15) is 29.7 Å². The van der Waals surface area contributed by atoms with Gasteiger partial charge in [-0.25, -0.2) is 0 Å². The number of amides is 1. The highest BCUT2D eigenvalue weighted by Crippen LogP contribution is 2.24. The molecule has 3 aromatic carbocycles. The molecule has 1 heterocycles. The molecular formula is C27H26F3N3O2. The first kappa shape index (κ1) is 24.3. The van der Waals surface area contributed by atoms with Crippen molar-refractivity contribution in [3.05, 3.63) is 102 Å². The van der Waals surface area contributed by atoms with Gasteiger partial charge in [0.05, 0.1) is 12.1 Å². The minimum atomic E-state index is -4.77. The number of para-hydroxylation sites is 1. The van der Waals surface area contributed by atoms with Crippen molar-refractivity contribution >= 4 is 16.8 Å². The van der Waals surface area contributed by atoms with Crippen molar-refractivity contribution in [1.29, 1.82) is 0 Å². The smallest absolute Gasteiger partial charge is 0.406 e. The van der Waals surface area contributed by atoms with Gasteiger partial charge in [-0.2, -0.15) is 0 Å². The average Bonchev–Trinajstić information content (AvgIpc) is 3.24. The van der Waals surface area contributed by atoms with Crippen molar-refractivity contribution in [1.82, 2.24) is 15.6 Å². The SMILES string of the molecule is CC(NC(=O)C(Cc1c[nH]c2ccccc12)NCc1cccc(OC(F)(F)F)c1)c1ccccc1. The lowest BCUT2D eigenvalue weighted by Crippen LogP contribution is -2.46. The molecule has 0 fully saturated rings. The quantitative estimate of drug-likeness (QED) is 0.290. The number of hydrogen-bond donors (Lipinski definition) is 3. The minimum absolute atomic E-state index is 0.190. The van der Waals surface area contributed by atoms with Crippen molar-refractivity contribution < 1.29 is 22.7 Å². The maximum atomic E-state index is 13.3. The number of aromatic amines is 1. The zero-order valence-corrected chi connectivity index (χ0v) is 19.1. The Balaban J connectivity index is 1.52. The number of fused-ring (bicyclic) bond motifs is 1. The van der Waals surface area contributed by atoms with Crippen LogP contribution in [-0.2, 0) is 17.8 Å². The number of ether oxygens (including phenoxy) is 1. The fraction of sp³-hybridized carbons (Fsp3) is 0.222. The van der Waals surface area contributed by atoms with E-state index in [0.717, 1.165) is 22.0 Å². The number of H-pyrrole nitrogens is 1. The molecule has 5 nitrogen and oxygen atoms in total. The molecule has 1 aromatic heterocycles. The third kappa shape index (κ3) is 6.64. The van der Waals surface area contributed by atoms with Gasteiger partial charge in [-0.15, -0.1) is 13.2 Å². The number of nitrogens with one attached hydrogen (secondary N) is 3. The number of aromatic nitrogens is 1. The Labute approximate surface area is 201 Å². The summed E-state index contributed by atoms with van der Waals surface area (Å²) in [5, 5.41) is 7.29. The molecule has 0 aliphatic heterocycles. The van der Waals surface area contributed by atoms with E-state index in [2.05, 4.69) is 20.4 Å². The van der Waals surface area contributed by atoms with Crippen molar-refractivity contribution in [2.24, 2.45) is 0 Å². The fourth-order valence-corrected chi connectivity index (χ4v) is 4.01. The molecule has 0 spiro atoms. The second-order valence-electron chi connectivity index (χ2n) is 8.33. The Hall–Kier alpha value is -3.78. The lowest BCUT2D eigenvalue weighted by molar-refractivity contribution is -0.274. The van der Waals surface area contributed by atoms with E-state index in [1.165, 1.54) is 18.2 Å². The summed E-state index contributed by atoms with van der Waals surface area (Å²) in [4.78, 5) is 16.5. The van der Waals surface area contributed by atoms with Crippen molar-refractivity contribution in [3.8, 4) is 5.75 Å². The summed E-state index contributed by atoms with van der Waals surface area (Å²) < 4.78 is 41.8. The summed E-state index contributed by atoms with van der Waals surface area (Å²) in [6.45, 7) is 2.10. The molecule has 0 aliphatic rings. The molecule has 0 saturated carbocycles. The van der Waals surface area contributed by atoms with Gasteiger partial charge >= 0.3 is 6.36 Å². The van der Waals surface area contributed by atoms with Crippen LogP contribution in [0.3, 0.4) is 0 Å². The minimum Gasteiger partial charge on any atom is -0.406 e. The monoisotopic (exact) mass is 481 g/mol. The van der Waals surface area contributed by atoms with Gasteiger partial charge in [-0.1, -0.05) is 60.7 Å². The maximum absolute atomic E-state index is 13.3. The maximum Gasteiger partial charge on any atom is 0.573 e. The van der Waals surface area contributed by atoms with Gasteiger partial charge in [-0.3, -0.25) is 4.79 Å². The molecule has 0 bridgehead atoms. The van der Waals surface area contributed by atoms with Gasteiger partial charge in [0.2, 0.25) is 5.91 Å². The highest BCUT2D eigenvalue weighted by atomic mass is 19.4. The summed E-state index contributed by atoms with van der Waals surface area (Å²) in [6.07, 6.45) is -2.49. The van der Waals surface area contributed by atoms with Gasteiger partial charge in [0.25, 0.3) is 0 Å². The topological polar surface area (TPSA) is 66.2 Å². The number of carbonyl (C=O) groups is 1. The summed E-state index contributed by atoms with van der Waals surface area (Å²) in [5.41, 5.74) is 3.48. The Morgan fingerprint density at radius 1 is 1.00 bits per heavy atom. The van der Waals surface area contributed by atoms with Crippen molar-refractivity contribution in [3.63, 3.8) is 0 Å². The highest BCUT2D eigenvalue weighted by molar-refractivity contribution is 5.86. The molecule has 35 heavy (non-hydrogen) atoms. The number of rotatable bonds is 9. The first-order valence-corrected chi connectivity index (χ1v) is 11.3. The summed E-state index contributed by atoms with van der Waals surface area (Å²) in [6, 6.07) is 22.3. The largest absolute Gasteiger partial charge is 0.573 e. The van der Waals surface area contributed by atoms with Crippen molar-refractivity contribution in [2.75, 3.05) is 0 Å². The Kier molecular flexibility index (Phi) is 7.41. The lowest BCUT2D eigenvalue weighted by atomic mass is 10.0. The zero-order valence-electron chi connectivity index (χ0n) is 19.1. The van der Waals surface area contributed by atoms with E-state index < -0.39 is 12.4 Å². The average molecular weight is 482 g/mol.